The summed E-state index contributed by atoms with van der Waals surface area (Å²) in [5.41, 5.74) is 2.30. The van der Waals surface area contributed by atoms with Crippen LogP contribution in [0, 0.1) is 5.82 Å². The number of halogens is 2. The van der Waals surface area contributed by atoms with Crippen LogP contribution in [0.15, 0.2) is 42.5 Å². The molecule has 3 rings (SSSR count). The molecule has 2 amide bonds. The topological polar surface area (TPSA) is 52.7 Å². The fourth-order valence-electron chi connectivity index (χ4n) is 3.17. The minimum atomic E-state index is -0.471. The summed E-state index contributed by atoms with van der Waals surface area (Å²) in [6, 6.07) is 11.6. The number of carbonyl (C=O) groups excluding carboxylic acids is 2. The van der Waals surface area contributed by atoms with Gasteiger partial charge in [0.05, 0.1) is 17.1 Å². The van der Waals surface area contributed by atoms with E-state index < -0.39 is 5.82 Å². The van der Waals surface area contributed by atoms with Crippen LogP contribution in [-0.4, -0.2) is 54.3 Å². The lowest BCUT2D eigenvalue weighted by Gasteiger charge is -2.34. The average molecular weight is 404 g/mol. The average Bonchev–Trinajstić information content (AvgIpc) is 2.68. The van der Waals surface area contributed by atoms with Crippen LogP contribution in [0.3, 0.4) is 0 Å². The molecule has 0 unspecified atom stereocenters. The van der Waals surface area contributed by atoms with Gasteiger partial charge in [-0.15, -0.1) is 0 Å². The minimum Gasteiger partial charge on any atom is -0.336 e. The predicted octanol–water partition coefficient (Wildman–Crippen LogP) is 3.44. The quantitative estimate of drug-likeness (QED) is 0.832. The van der Waals surface area contributed by atoms with Crippen molar-refractivity contribution in [3.05, 3.63) is 64.4 Å². The van der Waals surface area contributed by atoms with Crippen molar-refractivity contribution < 1.29 is 14.0 Å². The van der Waals surface area contributed by atoms with Crippen molar-refractivity contribution in [2.75, 3.05) is 38.0 Å². The summed E-state index contributed by atoms with van der Waals surface area (Å²) in [5, 5.41) is 3.01. The normalized spacial score (nSPS) is 14.8. The summed E-state index contributed by atoms with van der Waals surface area (Å²) >= 11 is 5.99. The molecule has 0 bridgehead atoms. The molecule has 1 heterocycles. The summed E-state index contributed by atoms with van der Waals surface area (Å²) in [6.07, 6.45) is 0.959. The third-order valence-corrected chi connectivity index (χ3v) is 5.15. The van der Waals surface area contributed by atoms with E-state index in [1.54, 1.807) is 4.90 Å². The zero-order chi connectivity index (χ0) is 20.1. The number of amides is 2. The van der Waals surface area contributed by atoms with Gasteiger partial charge in [-0.25, -0.2) is 4.39 Å². The molecule has 0 aliphatic carbocycles. The van der Waals surface area contributed by atoms with Crippen LogP contribution in [0.2, 0.25) is 5.02 Å². The Balaban J connectivity index is 1.49. The Bertz CT molecular complexity index is 849. The Hall–Kier alpha value is -2.44. The van der Waals surface area contributed by atoms with E-state index in [0.717, 1.165) is 18.2 Å². The summed E-state index contributed by atoms with van der Waals surface area (Å²) in [7, 11) is 0. The van der Waals surface area contributed by atoms with Crippen molar-refractivity contribution in [3.8, 4) is 0 Å². The summed E-state index contributed by atoms with van der Waals surface area (Å²) in [6.45, 7) is 4.52. The second-order valence-corrected chi connectivity index (χ2v) is 7.20. The largest absolute Gasteiger partial charge is 0.336 e. The first-order chi connectivity index (χ1) is 13.5. The number of anilines is 1. The molecule has 1 aliphatic rings. The molecule has 5 nitrogen and oxygen atoms in total. The molecule has 1 aliphatic heterocycles. The van der Waals surface area contributed by atoms with E-state index in [1.807, 2.05) is 29.2 Å². The van der Waals surface area contributed by atoms with E-state index in [9.17, 15) is 14.0 Å². The zero-order valence-electron chi connectivity index (χ0n) is 15.8. The van der Waals surface area contributed by atoms with Gasteiger partial charge in [-0.1, -0.05) is 30.7 Å². The Morgan fingerprint density at radius 1 is 1.07 bits per heavy atom. The van der Waals surface area contributed by atoms with Crippen LogP contribution >= 0.6 is 11.6 Å². The van der Waals surface area contributed by atoms with Gasteiger partial charge >= 0.3 is 0 Å². The standard InChI is InChI=1S/C21H23ClFN3O2/c1-2-15-3-6-17(7-4-15)24-20(27)14-25-9-11-26(12-10-25)21(28)18-8-5-16(23)13-19(18)22/h3-8,13H,2,9-12,14H2,1H3,(H,24,27). The predicted molar refractivity (Wildman–Crippen MR) is 108 cm³/mol. The summed E-state index contributed by atoms with van der Waals surface area (Å²) in [4.78, 5) is 28.5. The number of nitrogens with one attached hydrogen (secondary N) is 1. The van der Waals surface area contributed by atoms with Crippen molar-refractivity contribution in [2.24, 2.45) is 0 Å². The van der Waals surface area contributed by atoms with E-state index in [1.165, 1.54) is 17.7 Å². The van der Waals surface area contributed by atoms with Gasteiger partial charge in [0.15, 0.2) is 0 Å². The number of aryl methyl sites for hydroxylation is 1. The number of hydrogen-bond acceptors (Lipinski definition) is 3. The van der Waals surface area contributed by atoms with Crippen LogP contribution in [0.5, 0.6) is 0 Å². The van der Waals surface area contributed by atoms with E-state index in [-0.39, 0.29) is 23.4 Å². The second-order valence-electron chi connectivity index (χ2n) is 6.79. The molecule has 148 valence electrons. The molecule has 2 aromatic carbocycles. The van der Waals surface area contributed by atoms with Crippen molar-refractivity contribution in [2.45, 2.75) is 13.3 Å². The molecule has 0 saturated carbocycles. The van der Waals surface area contributed by atoms with Gasteiger partial charge in [-0.05, 0) is 42.3 Å². The molecule has 0 aromatic heterocycles. The van der Waals surface area contributed by atoms with Gasteiger partial charge in [0.25, 0.3) is 5.91 Å². The molecule has 28 heavy (non-hydrogen) atoms. The van der Waals surface area contributed by atoms with Gasteiger partial charge in [0, 0.05) is 31.9 Å². The number of benzene rings is 2. The van der Waals surface area contributed by atoms with Crippen LogP contribution in [0.1, 0.15) is 22.8 Å². The fraction of sp³-hybridized carbons (Fsp3) is 0.333. The zero-order valence-corrected chi connectivity index (χ0v) is 16.5. The second kappa shape index (κ2) is 9.17. The number of carbonyl (C=O) groups is 2. The lowest BCUT2D eigenvalue weighted by molar-refractivity contribution is -0.117. The maximum absolute atomic E-state index is 13.2. The number of nitrogens with zero attached hydrogens (tertiary/aromatic N) is 2. The highest BCUT2D eigenvalue weighted by Crippen LogP contribution is 2.20. The van der Waals surface area contributed by atoms with Gasteiger partial charge in [-0.2, -0.15) is 0 Å². The summed E-state index contributed by atoms with van der Waals surface area (Å²) in [5.74, 6) is -0.766. The molecule has 1 fully saturated rings. The third-order valence-electron chi connectivity index (χ3n) is 4.83. The molecule has 2 aromatic rings. The van der Waals surface area contributed by atoms with Crippen molar-refractivity contribution in [1.29, 1.82) is 0 Å². The lowest BCUT2D eigenvalue weighted by atomic mass is 10.1. The molecular weight excluding hydrogens is 381 g/mol. The van der Waals surface area contributed by atoms with E-state index in [4.69, 9.17) is 11.6 Å². The van der Waals surface area contributed by atoms with E-state index >= 15 is 0 Å². The number of rotatable bonds is 5. The van der Waals surface area contributed by atoms with Crippen molar-refractivity contribution in [1.82, 2.24) is 9.80 Å². The minimum absolute atomic E-state index is 0.0781. The Labute approximate surface area is 169 Å². The maximum Gasteiger partial charge on any atom is 0.255 e. The monoisotopic (exact) mass is 403 g/mol. The van der Waals surface area contributed by atoms with Crippen LogP contribution < -0.4 is 5.32 Å². The molecule has 0 spiro atoms. The highest BCUT2D eigenvalue weighted by atomic mass is 35.5. The van der Waals surface area contributed by atoms with E-state index in [0.29, 0.717) is 31.7 Å². The van der Waals surface area contributed by atoms with Crippen molar-refractivity contribution in [3.63, 3.8) is 0 Å². The Morgan fingerprint density at radius 3 is 2.36 bits per heavy atom. The van der Waals surface area contributed by atoms with Gasteiger partial charge in [0.2, 0.25) is 5.91 Å². The number of piperazine rings is 1. The molecule has 7 heteroatoms. The Morgan fingerprint density at radius 2 is 1.75 bits per heavy atom. The van der Waals surface area contributed by atoms with Gasteiger partial charge < -0.3 is 10.2 Å². The fourth-order valence-corrected chi connectivity index (χ4v) is 3.42. The summed E-state index contributed by atoms with van der Waals surface area (Å²) < 4.78 is 13.2. The smallest absolute Gasteiger partial charge is 0.255 e. The van der Waals surface area contributed by atoms with Gasteiger partial charge in [-0.3, -0.25) is 14.5 Å². The first-order valence-electron chi connectivity index (χ1n) is 9.31. The van der Waals surface area contributed by atoms with Gasteiger partial charge in [0.1, 0.15) is 5.82 Å². The van der Waals surface area contributed by atoms with Crippen LogP contribution in [0.25, 0.3) is 0 Å². The SMILES string of the molecule is CCc1ccc(NC(=O)CN2CCN(C(=O)c3ccc(F)cc3Cl)CC2)cc1. The van der Waals surface area contributed by atoms with E-state index in [2.05, 4.69) is 12.2 Å². The molecule has 0 atom stereocenters. The molecule has 1 N–H and O–H groups in total. The highest BCUT2D eigenvalue weighted by Gasteiger charge is 2.24. The third kappa shape index (κ3) is 5.09. The Kier molecular flexibility index (Phi) is 6.65. The van der Waals surface area contributed by atoms with Crippen LogP contribution in [0.4, 0.5) is 10.1 Å². The molecule has 0 radical (unpaired) electrons. The van der Waals surface area contributed by atoms with Crippen LogP contribution in [-0.2, 0) is 11.2 Å². The molecule has 1 saturated heterocycles. The number of hydrogen-bond donors (Lipinski definition) is 1. The maximum atomic E-state index is 13.2. The van der Waals surface area contributed by atoms with Crippen molar-refractivity contribution >= 4 is 29.1 Å². The first-order valence-corrected chi connectivity index (χ1v) is 9.69. The first kappa shape index (κ1) is 20.3. The lowest BCUT2D eigenvalue weighted by Crippen LogP contribution is -2.50. The molecular formula is C21H23ClFN3O2. The highest BCUT2D eigenvalue weighted by molar-refractivity contribution is 6.33.